The summed E-state index contributed by atoms with van der Waals surface area (Å²) in [6.07, 6.45) is 3.70. The molecule has 2 rings (SSSR count). The molecule has 0 unspecified atom stereocenters. The maximum Gasteiger partial charge on any atom is 0.197 e. The third-order valence-electron chi connectivity index (χ3n) is 3.13. The summed E-state index contributed by atoms with van der Waals surface area (Å²) in [5, 5.41) is 0. The van der Waals surface area contributed by atoms with Gasteiger partial charge in [0.1, 0.15) is 5.78 Å². The first kappa shape index (κ1) is 8.91. The number of methoxy groups -OCH3 is 1. The van der Waals surface area contributed by atoms with Gasteiger partial charge in [0, 0.05) is 13.0 Å². The first-order valence-corrected chi connectivity index (χ1v) is 4.57. The third kappa shape index (κ3) is 1.00. The van der Waals surface area contributed by atoms with Crippen molar-refractivity contribution in [3.05, 3.63) is 12.2 Å². The zero-order valence-electron chi connectivity index (χ0n) is 8.11. The van der Waals surface area contributed by atoms with E-state index >= 15 is 0 Å². The van der Waals surface area contributed by atoms with E-state index in [4.69, 9.17) is 9.47 Å². The molecule has 0 aliphatic carbocycles. The van der Waals surface area contributed by atoms with Gasteiger partial charge in [-0.2, -0.15) is 0 Å². The van der Waals surface area contributed by atoms with Gasteiger partial charge >= 0.3 is 0 Å². The lowest BCUT2D eigenvalue weighted by molar-refractivity contribution is -0.242. The summed E-state index contributed by atoms with van der Waals surface area (Å²) in [5.41, 5.74) is 0. The van der Waals surface area contributed by atoms with Gasteiger partial charge in [-0.05, 0) is 13.0 Å². The molecule has 1 saturated heterocycles. The van der Waals surface area contributed by atoms with Crippen LogP contribution >= 0.6 is 0 Å². The molecule has 0 amide bonds. The van der Waals surface area contributed by atoms with Crippen LogP contribution in [0, 0.1) is 11.8 Å². The van der Waals surface area contributed by atoms with Crippen LogP contribution in [0.25, 0.3) is 0 Å². The molecule has 0 N–H and O–H groups in total. The highest BCUT2D eigenvalue weighted by atomic mass is 16.7. The van der Waals surface area contributed by atoms with Crippen LogP contribution in [0.4, 0.5) is 0 Å². The molecule has 72 valence electrons. The van der Waals surface area contributed by atoms with Crippen molar-refractivity contribution in [1.29, 1.82) is 0 Å². The molecule has 3 heteroatoms. The van der Waals surface area contributed by atoms with Crippen molar-refractivity contribution < 1.29 is 14.3 Å². The zero-order valence-corrected chi connectivity index (χ0v) is 8.11. The van der Waals surface area contributed by atoms with Gasteiger partial charge in [0.2, 0.25) is 0 Å². The van der Waals surface area contributed by atoms with Crippen molar-refractivity contribution in [2.45, 2.75) is 25.7 Å². The van der Waals surface area contributed by atoms with Crippen LogP contribution < -0.4 is 0 Å². The average Bonchev–Trinajstić information content (AvgIpc) is 2.55. The predicted octanol–water partition coefficient (Wildman–Crippen LogP) is 1.14. The Morgan fingerprint density at radius 1 is 1.54 bits per heavy atom. The van der Waals surface area contributed by atoms with E-state index in [1.807, 2.05) is 26.0 Å². The summed E-state index contributed by atoms with van der Waals surface area (Å²) < 4.78 is 10.9. The van der Waals surface area contributed by atoms with Crippen LogP contribution in [-0.4, -0.2) is 24.8 Å². The van der Waals surface area contributed by atoms with Crippen molar-refractivity contribution in [2.75, 3.05) is 7.11 Å². The number of carbonyl (C=O) groups is 1. The van der Waals surface area contributed by atoms with Gasteiger partial charge in [-0.1, -0.05) is 13.0 Å². The molecule has 4 atom stereocenters. The second-order valence-electron chi connectivity index (χ2n) is 3.78. The van der Waals surface area contributed by atoms with Gasteiger partial charge in [-0.3, -0.25) is 4.79 Å². The second kappa shape index (κ2) is 2.66. The van der Waals surface area contributed by atoms with Crippen LogP contribution in [0.2, 0.25) is 0 Å². The molecule has 3 nitrogen and oxygen atoms in total. The first-order valence-electron chi connectivity index (χ1n) is 4.57. The molecule has 0 aromatic heterocycles. The predicted molar refractivity (Wildman–Crippen MR) is 47.1 cm³/mol. The van der Waals surface area contributed by atoms with Crippen molar-refractivity contribution >= 4 is 5.78 Å². The van der Waals surface area contributed by atoms with E-state index in [0.29, 0.717) is 0 Å². The largest absolute Gasteiger partial charge is 0.349 e. The van der Waals surface area contributed by atoms with Crippen molar-refractivity contribution in [2.24, 2.45) is 11.8 Å². The normalized spacial score (nSPS) is 48.5. The van der Waals surface area contributed by atoms with Gasteiger partial charge in [0.15, 0.2) is 5.79 Å². The van der Waals surface area contributed by atoms with E-state index in [0.717, 1.165) is 0 Å². The number of Topliss-reactive ketones (excluding diaryl/α,β-unsaturated/α-hetero) is 1. The monoisotopic (exact) mass is 182 g/mol. The molecule has 0 aromatic rings. The Bertz CT molecular complexity index is 271. The summed E-state index contributed by atoms with van der Waals surface area (Å²) in [7, 11) is 1.58. The van der Waals surface area contributed by atoms with Crippen LogP contribution in [0.15, 0.2) is 12.2 Å². The minimum atomic E-state index is -0.783. The lowest BCUT2D eigenvalue weighted by Crippen LogP contribution is -2.51. The van der Waals surface area contributed by atoms with E-state index in [9.17, 15) is 4.79 Å². The number of fused-ring (bicyclic) bond motifs is 2. The number of ether oxygens (including phenoxy) is 2. The average molecular weight is 182 g/mol. The highest BCUT2D eigenvalue weighted by Gasteiger charge is 2.52. The Morgan fingerprint density at radius 3 is 2.85 bits per heavy atom. The van der Waals surface area contributed by atoms with Gasteiger partial charge in [0.25, 0.3) is 0 Å². The summed E-state index contributed by atoms with van der Waals surface area (Å²) in [4.78, 5) is 11.8. The Labute approximate surface area is 77.7 Å². The Kier molecular flexibility index (Phi) is 1.82. The van der Waals surface area contributed by atoms with E-state index in [-0.39, 0.29) is 23.7 Å². The van der Waals surface area contributed by atoms with Crippen molar-refractivity contribution in [3.8, 4) is 0 Å². The number of hydrogen-bond acceptors (Lipinski definition) is 3. The van der Waals surface area contributed by atoms with Crippen LogP contribution in [0.5, 0.6) is 0 Å². The summed E-state index contributed by atoms with van der Waals surface area (Å²) in [6.45, 7) is 3.76. The first-order chi connectivity index (χ1) is 6.10. The highest BCUT2D eigenvalue weighted by molar-refractivity contribution is 5.86. The quantitative estimate of drug-likeness (QED) is 0.570. The SMILES string of the molecule is CO[C@@]12C=C[C@@H](O1)[C@H](C)C(=O)[C@@H]2C. The maximum atomic E-state index is 11.8. The van der Waals surface area contributed by atoms with Gasteiger partial charge in [-0.25, -0.2) is 0 Å². The van der Waals surface area contributed by atoms with E-state index in [1.54, 1.807) is 7.11 Å². The molecule has 1 fully saturated rings. The lowest BCUT2D eigenvalue weighted by Gasteiger charge is -2.39. The van der Waals surface area contributed by atoms with E-state index in [1.165, 1.54) is 0 Å². The van der Waals surface area contributed by atoms with Crippen molar-refractivity contribution in [3.63, 3.8) is 0 Å². The van der Waals surface area contributed by atoms with E-state index in [2.05, 4.69) is 0 Å². The second-order valence-corrected chi connectivity index (χ2v) is 3.78. The molecule has 13 heavy (non-hydrogen) atoms. The molecule has 2 bridgehead atoms. The molecular formula is C10H14O3. The Hall–Kier alpha value is -0.670. The van der Waals surface area contributed by atoms with Gasteiger partial charge in [0.05, 0.1) is 12.0 Å². The highest BCUT2D eigenvalue weighted by Crippen LogP contribution is 2.41. The summed E-state index contributed by atoms with van der Waals surface area (Å²) in [5.74, 6) is -0.809. The fraction of sp³-hybridized carbons (Fsp3) is 0.700. The summed E-state index contributed by atoms with van der Waals surface area (Å²) >= 11 is 0. The standard InChI is InChI=1S/C10H14O3/c1-6-8-4-5-10(12-3,13-8)7(2)9(6)11/h4-8H,1-3H3/t6-,7-,8+,10-/m0/s1. The topological polar surface area (TPSA) is 35.5 Å². The lowest BCUT2D eigenvalue weighted by atomic mass is 9.86. The number of carbonyl (C=O) groups excluding carboxylic acids is 1. The van der Waals surface area contributed by atoms with Gasteiger partial charge < -0.3 is 9.47 Å². The van der Waals surface area contributed by atoms with Crippen LogP contribution in [0.1, 0.15) is 13.8 Å². The number of rotatable bonds is 1. The number of hydrogen-bond donors (Lipinski definition) is 0. The molecule has 2 aliphatic heterocycles. The molecule has 0 spiro atoms. The minimum Gasteiger partial charge on any atom is -0.349 e. The fourth-order valence-corrected chi connectivity index (χ4v) is 2.08. The van der Waals surface area contributed by atoms with Crippen molar-refractivity contribution in [1.82, 2.24) is 0 Å². The maximum absolute atomic E-state index is 11.8. The van der Waals surface area contributed by atoms with E-state index < -0.39 is 5.79 Å². The minimum absolute atomic E-state index is 0.0444. The molecule has 2 aliphatic rings. The summed E-state index contributed by atoms with van der Waals surface area (Å²) in [6, 6.07) is 0. The Morgan fingerprint density at radius 2 is 2.23 bits per heavy atom. The molecule has 0 saturated carbocycles. The molecular weight excluding hydrogens is 168 g/mol. The Balaban J connectivity index is 2.36. The smallest absolute Gasteiger partial charge is 0.197 e. The fourth-order valence-electron chi connectivity index (χ4n) is 2.08. The molecule has 0 aromatic carbocycles. The van der Waals surface area contributed by atoms with Gasteiger partial charge in [-0.15, -0.1) is 0 Å². The molecule has 2 heterocycles. The third-order valence-corrected chi connectivity index (χ3v) is 3.13. The molecule has 0 radical (unpaired) electrons. The zero-order chi connectivity index (χ0) is 9.64. The number of ketones is 1. The van der Waals surface area contributed by atoms with Crippen LogP contribution in [-0.2, 0) is 14.3 Å². The van der Waals surface area contributed by atoms with Crippen LogP contribution in [0.3, 0.4) is 0 Å².